The number of hydrogen-bond acceptors (Lipinski definition) is 2. The first-order valence-corrected chi connectivity index (χ1v) is 5.17. The van der Waals surface area contributed by atoms with Crippen molar-refractivity contribution in [2.75, 3.05) is 0 Å². The molecule has 0 spiro atoms. The number of aromatic nitrogens is 2. The number of unbranched alkanes of at least 4 members (excludes halogenated alkanes) is 2. The van der Waals surface area contributed by atoms with Crippen molar-refractivity contribution in [3.8, 4) is 0 Å². The average Bonchev–Trinajstić information content (AvgIpc) is 2.11. The van der Waals surface area contributed by atoms with Crippen LogP contribution in [0.3, 0.4) is 0 Å². The number of rotatable bonds is 4. The second-order valence-corrected chi connectivity index (χ2v) is 3.69. The summed E-state index contributed by atoms with van der Waals surface area (Å²) in [4.78, 5) is 0. The van der Waals surface area contributed by atoms with Gasteiger partial charge in [0.2, 0.25) is 0 Å². The zero-order valence-electron chi connectivity index (χ0n) is 7.56. The molecule has 72 valence electrons. The van der Waals surface area contributed by atoms with Crippen molar-refractivity contribution in [1.82, 2.24) is 10.2 Å². The summed E-state index contributed by atoms with van der Waals surface area (Å²) in [7, 11) is 0. The van der Waals surface area contributed by atoms with Crippen molar-refractivity contribution in [3.05, 3.63) is 21.9 Å². The van der Waals surface area contributed by atoms with Gasteiger partial charge < -0.3 is 0 Å². The van der Waals surface area contributed by atoms with Crippen molar-refractivity contribution in [2.45, 2.75) is 32.6 Å². The lowest BCUT2D eigenvalue weighted by Gasteiger charge is -2.01. The lowest BCUT2D eigenvalue weighted by Crippen LogP contribution is -1.92. The topological polar surface area (TPSA) is 25.8 Å². The van der Waals surface area contributed by atoms with E-state index in [-0.39, 0.29) is 0 Å². The summed E-state index contributed by atoms with van der Waals surface area (Å²) in [5.41, 5.74) is 0.995. The van der Waals surface area contributed by atoms with Crippen LogP contribution in [-0.4, -0.2) is 10.2 Å². The highest BCUT2D eigenvalue weighted by Gasteiger charge is 2.03. The molecule has 0 N–H and O–H groups in total. The number of nitrogens with zero attached hydrogens (tertiary/aromatic N) is 2. The molecule has 0 atom stereocenters. The van der Waals surface area contributed by atoms with Gasteiger partial charge in [-0.3, -0.25) is 0 Å². The molecular weight excluding hydrogens is 207 g/mol. The quantitative estimate of drug-likeness (QED) is 0.724. The SMILES string of the molecule is CCCCCc1cc(Cl)nnc1Cl. The summed E-state index contributed by atoms with van der Waals surface area (Å²) in [5.74, 6) is 0. The van der Waals surface area contributed by atoms with Crippen LogP contribution in [0.1, 0.15) is 31.7 Å². The third-order valence-electron chi connectivity index (χ3n) is 1.84. The van der Waals surface area contributed by atoms with Crippen LogP contribution < -0.4 is 0 Å². The molecule has 1 heterocycles. The Hall–Kier alpha value is -0.340. The van der Waals surface area contributed by atoms with Gasteiger partial charge in [0.15, 0.2) is 10.3 Å². The number of hydrogen-bond donors (Lipinski definition) is 0. The van der Waals surface area contributed by atoms with E-state index in [1.54, 1.807) is 6.07 Å². The summed E-state index contributed by atoms with van der Waals surface area (Å²) < 4.78 is 0. The summed E-state index contributed by atoms with van der Waals surface area (Å²) in [6.45, 7) is 2.17. The first-order valence-electron chi connectivity index (χ1n) is 4.41. The molecule has 1 rings (SSSR count). The molecule has 1 aromatic rings. The zero-order chi connectivity index (χ0) is 9.68. The van der Waals surface area contributed by atoms with Gasteiger partial charge in [0, 0.05) is 0 Å². The van der Waals surface area contributed by atoms with Crippen molar-refractivity contribution >= 4 is 23.2 Å². The third kappa shape index (κ3) is 3.49. The molecule has 0 aliphatic heterocycles. The largest absolute Gasteiger partial charge is 0.155 e. The van der Waals surface area contributed by atoms with Crippen LogP contribution in [0.25, 0.3) is 0 Å². The smallest absolute Gasteiger partial charge is 0.137 e. The highest BCUT2D eigenvalue weighted by Crippen LogP contribution is 2.17. The van der Waals surface area contributed by atoms with Crippen LogP contribution in [0.5, 0.6) is 0 Å². The Kier molecular flexibility index (Phi) is 4.46. The molecular formula is C9H12Cl2N2. The number of aryl methyl sites for hydroxylation is 1. The standard InChI is InChI=1S/C9H12Cl2N2/c1-2-3-4-5-7-6-8(10)12-13-9(7)11/h6H,2-5H2,1H3. The molecule has 0 aliphatic carbocycles. The van der Waals surface area contributed by atoms with Crippen LogP contribution >= 0.6 is 23.2 Å². The second-order valence-electron chi connectivity index (χ2n) is 2.94. The van der Waals surface area contributed by atoms with Crippen molar-refractivity contribution < 1.29 is 0 Å². The van der Waals surface area contributed by atoms with Gasteiger partial charge in [0.25, 0.3) is 0 Å². The highest BCUT2D eigenvalue weighted by atomic mass is 35.5. The monoisotopic (exact) mass is 218 g/mol. The van der Waals surface area contributed by atoms with E-state index in [0.717, 1.165) is 18.4 Å². The molecule has 0 aliphatic rings. The van der Waals surface area contributed by atoms with Gasteiger partial charge in [-0.15, -0.1) is 10.2 Å². The lowest BCUT2D eigenvalue weighted by molar-refractivity contribution is 0.714. The fraction of sp³-hybridized carbons (Fsp3) is 0.556. The number of halogens is 2. The van der Waals surface area contributed by atoms with E-state index in [4.69, 9.17) is 23.2 Å². The molecule has 0 saturated heterocycles. The Morgan fingerprint density at radius 3 is 2.69 bits per heavy atom. The Labute approximate surface area is 88.3 Å². The van der Waals surface area contributed by atoms with Crippen molar-refractivity contribution in [1.29, 1.82) is 0 Å². The molecule has 0 fully saturated rings. The van der Waals surface area contributed by atoms with E-state index in [0.29, 0.717) is 10.3 Å². The molecule has 0 amide bonds. The maximum atomic E-state index is 5.84. The Morgan fingerprint density at radius 1 is 1.23 bits per heavy atom. The third-order valence-corrected chi connectivity index (χ3v) is 2.34. The van der Waals surface area contributed by atoms with E-state index in [1.807, 2.05) is 0 Å². The summed E-state index contributed by atoms with van der Waals surface area (Å²) >= 11 is 11.5. The van der Waals surface area contributed by atoms with Gasteiger partial charge in [0.1, 0.15) is 0 Å². The van der Waals surface area contributed by atoms with Crippen molar-refractivity contribution in [3.63, 3.8) is 0 Å². The van der Waals surface area contributed by atoms with Gasteiger partial charge in [-0.25, -0.2) is 0 Å². The molecule has 0 radical (unpaired) electrons. The minimum Gasteiger partial charge on any atom is -0.137 e. The summed E-state index contributed by atoms with van der Waals surface area (Å²) in [6, 6.07) is 1.78. The fourth-order valence-electron chi connectivity index (χ4n) is 1.13. The minimum atomic E-state index is 0.413. The van der Waals surface area contributed by atoms with Gasteiger partial charge >= 0.3 is 0 Å². The molecule has 0 aromatic carbocycles. The maximum Gasteiger partial charge on any atom is 0.155 e. The Bertz CT molecular complexity index is 276. The maximum absolute atomic E-state index is 5.84. The molecule has 1 aromatic heterocycles. The van der Waals surface area contributed by atoms with E-state index < -0.39 is 0 Å². The van der Waals surface area contributed by atoms with Gasteiger partial charge in [0.05, 0.1) is 0 Å². The molecule has 0 unspecified atom stereocenters. The second kappa shape index (κ2) is 5.40. The fourth-order valence-corrected chi connectivity index (χ4v) is 1.49. The van der Waals surface area contributed by atoms with Crippen LogP contribution in [0.4, 0.5) is 0 Å². The van der Waals surface area contributed by atoms with Gasteiger partial charge in [-0.2, -0.15) is 0 Å². The predicted molar refractivity (Wildman–Crippen MR) is 55.3 cm³/mol. The van der Waals surface area contributed by atoms with Crippen LogP contribution in [-0.2, 0) is 6.42 Å². The minimum absolute atomic E-state index is 0.413. The van der Waals surface area contributed by atoms with Gasteiger partial charge in [-0.1, -0.05) is 43.0 Å². The van der Waals surface area contributed by atoms with E-state index in [9.17, 15) is 0 Å². The molecule has 2 nitrogen and oxygen atoms in total. The zero-order valence-corrected chi connectivity index (χ0v) is 9.07. The normalized spacial score (nSPS) is 10.4. The predicted octanol–water partition coefficient (Wildman–Crippen LogP) is 3.52. The van der Waals surface area contributed by atoms with E-state index >= 15 is 0 Å². The molecule has 4 heteroatoms. The first-order chi connectivity index (χ1) is 6.24. The van der Waals surface area contributed by atoms with E-state index in [1.165, 1.54) is 12.8 Å². The lowest BCUT2D eigenvalue weighted by atomic mass is 10.1. The van der Waals surface area contributed by atoms with Crippen LogP contribution in [0.2, 0.25) is 10.3 Å². The van der Waals surface area contributed by atoms with Crippen LogP contribution in [0, 0.1) is 0 Å². The summed E-state index contributed by atoms with van der Waals surface area (Å²) in [6.07, 6.45) is 4.46. The Morgan fingerprint density at radius 2 is 2.00 bits per heavy atom. The van der Waals surface area contributed by atoms with Gasteiger partial charge in [-0.05, 0) is 24.5 Å². The van der Waals surface area contributed by atoms with Crippen molar-refractivity contribution in [2.24, 2.45) is 0 Å². The summed E-state index contributed by atoms with van der Waals surface area (Å²) in [5, 5.41) is 8.28. The molecule has 0 bridgehead atoms. The highest BCUT2D eigenvalue weighted by molar-refractivity contribution is 6.31. The van der Waals surface area contributed by atoms with Crippen LogP contribution in [0.15, 0.2) is 6.07 Å². The Balaban J connectivity index is 2.59. The molecule has 13 heavy (non-hydrogen) atoms. The average molecular weight is 219 g/mol. The molecule has 0 saturated carbocycles. The van der Waals surface area contributed by atoms with E-state index in [2.05, 4.69) is 17.1 Å². The first kappa shape index (κ1) is 10.7.